The molecule has 0 aliphatic rings. The van der Waals surface area contributed by atoms with Gasteiger partial charge < -0.3 is 5.11 Å². The lowest BCUT2D eigenvalue weighted by Gasteiger charge is -2.09. The predicted molar refractivity (Wildman–Crippen MR) is 96.6 cm³/mol. The monoisotopic (exact) mass is 326 g/mol. The predicted octanol–water partition coefficient (Wildman–Crippen LogP) is 4.17. The van der Waals surface area contributed by atoms with Gasteiger partial charge in [-0.1, -0.05) is 60.2 Å². The number of aliphatic hydroxyl groups is 1. The van der Waals surface area contributed by atoms with Gasteiger partial charge in [0.15, 0.2) is 0 Å². The zero-order valence-electron chi connectivity index (χ0n) is 13.5. The molecule has 0 spiro atoms. The molecule has 0 aromatic heterocycles. The van der Waals surface area contributed by atoms with E-state index in [1.54, 1.807) is 12.2 Å². The Balaban J connectivity index is 2.19. The van der Waals surface area contributed by atoms with Crippen LogP contribution < -0.4 is 0 Å². The van der Waals surface area contributed by atoms with E-state index in [9.17, 15) is 9.32 Å². The molecule has 2 aromatic rings. The van der Waals surface area contributed by atoms with Crippen LogP contribution in [0, 0.1) is 6.92 Å². The van der Waals surface area contributed by atoms with E-state index in [2.05, 4.69) is 0 Å². The van der Waals surface area contributed by atoms with Crippen molar-refractivity contribution in [2.24, 2.45) is 0 Å². The normalized spacial score (nSPS) is 14.8. The van der Waals surface area contributed by atoms with Crippen molar-refractivity contribution in [2.75, 3.05) is 0 Å². The fourth-order valence-electron chi connectivity index (χ4n) is 2.25. The Bertz CT molecular complexity index is 700. The van der Waals surface area contributed by atoms with Crippen molar-refractivity contribution in [1.82, 2.24) is 0 Å². The van der Waals surface area contributed by atoms with Crippen LogP contribution in [0.2, 0.25) is 0 Å². The molecule has 2 nitrogen and oxygen atoms in total. The van der Waals surface area contributed by atoms with Crippen LogP contribution in [0.1, 0.15) is 18.1 Å². The highest BCUT2D eigenvalue weighted by Gasteiger charge is 2.11. The molecule has 1 N–H and O–H groups in total. The second-order valence-corrected chi connectivity index (χ2v) is 6.89. The molecule has 2 atom stereocenters. The molecule has 3 heteroatoms. The third kappa shape index (κ3) is 5.31. The Morgan fingerprint density at radius 2 is 1.78 bits per heavy atom. The minimum Gasteiger partial charge on any atom is -0.389 e. The van der Waals surface area contributed by atoms with E-state index in [1.165, 1.54) is 0 Å². The standard InChI is InChI=1S/C20H22O2S/c1-3-7-20(23(22)19-12-10-16(2)11-13-19)15-18(21)14-17-8-5-4-6-9-17/h3-13,15,18,21H,14H2,1-2H3/b7-3+,20-15+/t18-,23?/m1/s1. The SMILES string of the molecule is C/C=C/C(=C\[C@H](O)Cc1ccccc1)S(=O)c1ccc(C)cc1. The lowest BCUT2D eigenvalue weighted by molar-refractivity contribution is 0.223. The van der Waals surface area contributed by atoms with Gasteiger partial charge in [0.05, 0.1) is 16.9 Å². The molecule has 0 heterocycles. The Morgan fingerprint density at radius 3 is 2.39 bits per heavy atom. The smallest absolute Gasteiger partial charge is 0.0847 e. The number of benzene rings is 2. The third-order valence-corrected chi connectivity index (χ3v) is 4.83. The summed E-state index contributed by atoms with van der Waals surface area (Å²) >= 11 is 0. The summed E-state index contributed by atoms with van der Waals surface area (Å²) in [4.78, 5) is 1.37. The zero-order chi connectivity index (χ0) is 16.7. The van der Waals surface area contributed by atoms with Crippen LogP contribution in [0.3, 0.4) is 0 Å². The Kier molecular flexibility index (Phi) is 6.51. The first kappa shape index (κ1) is 17.4. The second kappa shape index (κ2) is 8.61. The summed E-state index contributed by atoms with van der Waals surface area (Å²) in [5.74, 6) is 0. The first-order valence-corrected chi connectivity index (χ1v) is 8.80. The molecule has 2 rings (SSSR count). The number of hydrogen-bond donors (Lipinski definition) is 1. The maximum Gasteiger partial charge on any atom is 0.0847 e. The first-order chi connectivity index (χ1) is 11.1. The Labute approximate surface area is 140 Å². The Hall–Kier alpha value is -1.97. The molecule has 0 bridgehead atoms. The summed E-state index contributed by atoms with van der Waals surface area (Å²) in [5.41, 5.74) is 2.18. The average Bonchev–Trinajstić information content (AvgIpc) is 2.55. The molecule has 2 aromatic carbocycles. The van der Waals surface area contributed by atoms with Gasteiger partial charge in [0, 0.05) is 16.2 Å². The van der Waals surface area contributed by atoms with E-state index in [0.29, 0.717) is 11.3 Å². The number of aliphatic hydroxyl groups excluding tert-OH is 1. The van der Waals surface area contributed by atoms with Crippen molar-refractivity contribution in [3.63, 3.8) is 0 Å². The number of allylic oxidation sites excluding steroid dienone is 2. The minimum absolute atomic E-state index is 0.507. The van der Waals surface area contributed by atoms with Crippen molar-refractivity contribution in [3.8, 4) is 0 Å². The van der Waals surface area contributed by atoms with Crippen LogP contribution in [0.4, 0.5) is 0 Å². The van der Waals surface area contributed by atoms with Gasteiger partial charge in [-0.3, -0.25) is 0 Å². The highest BCUT2D eigenvalue weighted by molar-refractivity contribution is 7.89. The molecule has 0 saturated heterocycles. The van der Waals surface area contributed by atoms with Crippen molar-refractivity contribution in [3.05, 3.63) is 88.9 Å². The van der Waals surface area contributed by atoms with Gasteiger partial charge in [0.25, 0.3) is 0 Å². The molecule has 1 unspecified atom stereocenters. The van der Waals surface area contributed by atoms with Crippen LogP contribution >= 0.6 is 0 Å². The minimum atomic E-state index is -1.29. The van der Waals surface area contributed by atoms with E-state index in [4.69, 9.17) is 0 Å². The van der Waals surface area contributed by atoms with Crippen LogP contribution in [0.5, 0.6) is 0 Å². The summed E-state index contributed by atoms with van der Waals surface area (Å²) in [6.07, 6.45) is 5.16. The second-order valence-electron chi connectivity index (χ2n) is 5.41. The van der Waals surface area contributed by atoms with Crippen molar-refractivity contribution in [1.29, 1.82) is 0 Å². The molecule has 0 fully saturated rings. The molecule has 0 aliphatic carbocycles. The van der Waals surface area contributed by atoms with E-state index >= 15 is 0 Å². The molecular formula is C20H22O2S. The fraction of sp³-hybridized carbons (Fsp3) is 0.200. The van der Waals surface area contributed by atoms with Crippen molar-refractivity contribution >= 4 is 10.8 Å². The molecule has 0 radical (unpaired) electrons. The summed E-state index contributed by atoms with van der Waals surface area (Å²) in [7, 11) is -1.29. The van der Waals surface area contributed by atoms with Crippen LogP contribution in [-0.4, -0.2) is 15.4 Å². The van der Waals surface area contributed by atoms with Crippen molar-refractivity contribution < 1.29 is 9.32 Å². The van der Waals surface area contributed by atoms with Crippen molar-refractivity contribution in [2.45, 2.75) is 31.3 Å². The highest BCUT2D eigenvalue weighted by Crippen LogP contribution is 2.18. The molecule has 0 amide bonds. The highest BCUT2D eigenvalue weighted by atomic mass is 32.2. The van der Waals surface area contributed by atoms with E-state index in [1.807, 2.05) is 74.5 Å². The lowest BCUT2D eigenvalue weighted by atomic mass is 10.1. The lowest BCUT2D eigenvalue weighted by Crippen LogP contribution is -2.09. The van der Waals surface area contributed by atoms with Gasteiger partial charge in [0.2, 0.25) is 0 Å². The Morgan fingerprint density at radius 1 is 1.13 bits per heavy atom. The van der Waals surface area contributed by atoms with Gasteiger partial charge in [-0.05, 0) is 37.6 Å². The fourth-order valence-corrected chi connectivity index (χ4v) is 3.44. The number of rotatable bonds is 6. The maximum atomic E-state index is 12.7. The van der Waals surface area contributed by atoms with Crippen LogP contribution in [0.15, 0.2) is 82.6 Å². The summed E-state index contributed by atoms with van der Waals surface area (Å²) < 4.78 is 12.7. The molecular weight excluding hydrogens is 304 g/mol. The molecule has 23 heavy (non-hydrogen) atoms. The van der Waals surface area contributed by atoms with Gasteiger partial charge in [-0.25, -0.2) is 4.21 Å². The molecule has 0 aliphatic heterocycles. The molecule has 0 saturated carbocycles. The maximum absolute atomic E-state index is 12.7. The van der Waals surface area contributed by atoms with Crippen LogP contribution in [0.25, 0.3) is 0 Å². The van der Waals surface area contributed by atoms with E-state index < -0.39 is 16.9 Å². The average molecular weight is 326 g/mol. The summed E-state index contributed by atoms with van der Waals surface area (Å²) in [6, 6.07) is 17.4. The quantitative estimate of drug-likeness (QED) is 0.809. The topological polar surface area (TPSA) is 37.3 Å². The summed E-state index contributed by atoms with van der Waals surface area (Å²) in [5, 5.41) is 10.3. The van der Waals surface area contributed by atoms with Gasteiger partial charge >= 0.3 is 0 Å². The van der Waals surface area contributed by atoms with E-state index in [-0.39, 0.29) is 0 Å². The zero-order valence-corrected chi connectivity index (χ0v) is 14.3. The van der Waals surface area contributed by atoms with Crippen LogP contribution in [-0.2, 0) is 17.2 Å². The summed E-state index contributed by atoms with van der Waals surface area (Å²) in [6.45, 7) is 3.88. The van der Waals surface area contributed by atoms with E-state index in [0.717, 1.165) is 16.0 Å². The molecule has 120 valence electrons. The third-order valence-electron chi connectivity index (χ3n) is 3.42. The van der Waals surface area contributed by atoms with Gasteiger partial charge in [-0.2, -0.15) is 0 Å². The van der Waals surface area contributed by atoms with Gasteiger partial charge in [0.1, 0.15) is 0 Å². The number of aryl methyl sites for hydroxylation is 1. The van der Waals surface area contributed by atoms with Gasteiger partial charge in [-0.15, -0.1) is 0 Å². The first-order valence-electron chi connectivity index (χ1n) is 7.65. The largest absolute Gasteiger partial charge is 0.389 e. The number of hydrogen-bond acceptors (Lipinski definition) is 2.